The minimum Gasteiger partial charge on any atom is -0.345 e. The van der Waals surface area contributed by atoms with Crippen LogP contribution in [0.4, 0.5) is 10.8 Å². The van der Waals surface area contributed by atoms with Crippen LogP contribution in [-0.2, 0) is 0 Å². The Balaban J connectivity index is 1.94. The number of hydrogen-bond donors (Lipinski definition) is 1. The Bertz CT molecular complexity index is 627. The summed E-state index contributed by atoms with van der Waals surface area (Å²) in [6.45, 7) is 4.93. The van der Waals surface area contributed by atoms with Crippen LogP contribution >= 0.6 is 11.3 Å². The monoisotopic (exact) mass is 278 g/mol. The molecule has 0 aliphatic carbocycles. The molecule has 0 spiro atoms. The molecule has 100 valence electrons. The molecule has 0 bridgehead atoms. The molecule has 3 rings (SSSR count). The number of anilines is 1. The minimum atomic E-state index is -0.384. The van der Waals surface area contributed by atoms with Gasteiger partial charge < -0.3 is 10.2 Å². The van der Waals surface area contributed by atoms with Crippen LogP contribution in [0.1, 0.15) is 6.92 Å². The number of non-ortho nitro benzene ring substituents is 1. The third kappa shape index (κ3) is 2.39. The first-order valence-electron chi connectivity index (χ1n) is 6.17. The molecule has 1 N–H and O–H groups in total. The van der Waals surface area contributed by atoms with Gasteiger partial charge in [-0.25, -0.2) is 4.98 Å². The molecule has 7 heteroatoms. The van der Waals surface area contributed by atoms with Gasteiger partial charge in [-0.05, 0) is 13.0 Å². The Hall–Kier alpha value is -1.73. The van der Waals surface area contributed by atoms with E-state index in [1.54, 1.807) is 23.5 Å². The number of benzene rings is 1. The maximum atomic E-state index is 10.8. The molecule has 0 unspecified atom stereocenters. The summed E-state index contributed by atoms with van der Waals surface area (Å²) >= 11 is 1.59. The van der Waals surface area contributed by atoms with Crippen LogP contribution in [-0.4, -0.2) is 35.6 Å². The third-order valence-corrected chi connectivity index (χ3v) is 4.31. The highest BCUT2D eigenvalue weighted by Gasteiger charge is 2.19. The summed E-state index contributed by atoms with van der Waals surface area (Å²) in [5, 5.41) is 15.1. The van der Waals surface area contributed by atoms with E-state index in [0.717, 1.165) is 29.5 Å². The number of aromatic nitrogens is 1. The number of piperazine rings is 1. The van der Waals surface area contributed by atoms with Gasteiger partial charge >= 0.3 is 0 Å². The molecule has 0 amide bonds. The van der Waals surface area contributed by atoms with Crippen molar-refractivity contribution >= 4 is 32.4 Å². The summed E-state index contributed by atoms with van der Waals surface area (Å²) in [5.41, 5.74) is 0.804. The number of fused-ring (bicyclic) bond motifs is 1. The Labute approximate surface area is 114 Å². The van der Waals surface area contributed by atoms with Gasteiger partial charge in [0.05, 0.1) is 15.1 Å². The van der Waals surface area contributed by atoms with Crippen molar-refractivity contribution in [3.63, 3.8) is 0 Å². The first kappa shape index (κ1) is 12.3. The molecule has 2 heterocycles. The van der Waals surface area contributed by atoms with E-state index < -0.39 is 0 Å². The lowest BCUT2D eigenvalue weighted by Crippen LogP contribution is -2.49. The molecule has 2 aromatic rings. The predicted molar refractivity (Wildman–Crippen MR) is 76.0 cm³/mol. The van der Waals surface area contributed by atoms with E-state index in [4.69, 9.17) is 0 Å². The molecule has 1 fully saturated rings. The third-order valence-electron chi connectivity index (χ3n) is 3.21. The van der Waals surface area contributed by atoms with Crippen molar-refractivity contribution < 1.29 is 4.92 Å². The Morgan fingerprint density at radius 2 is 2.42 bits per heavy atom. The topological polar surface area (TPSA) is 71.3 Å². The van der Waals surface area contributed by atoms with Crippen molar-refractivity contribution in [2.75, 3.05) is 24.5 Å². The number of nitrogens with zero attached hydrogens (tertiary/aromatic N) is 3. The van der Waals surface area contributed by atoms with Crippen LogP contribution in [0.3, 0.4) is 0 Å². The van der Waals surface area contributed by atoms with Crippen LogP contribution in [0.5, 0.6) is 0 Å². The lowest BCUT2D eigenvalue weighted by atomic mass is 10.2. The molecule has 1 aromatic heterocycles. The van der Waals surface area contributed by atoms with Gasteiger partial charge in [0, 0.05) is 37.8 Å². The summed E-state index contributed by atoms with van der Waals surface area (Å²) in [4.78, 5) is 17.1. The number of thiazole rings is 1. The molecule has 1 atom stereocenters. The molecule has 0 radical (unpaired) electrons. The van der Waals surface area contributed by atoms with E-state index in [2.05, 4.69) is 22.1 Å². The van der Waals surface area contributed by atoms with Gasteiger partial charge in [-0.3, -0.25) is 10.1 Å². The van der Waals surface area contributed by atoms with Gasteiger partial charge in [0.1, 0.15) is 0 Å². The van der Waals surface area contributed by atoms with E-state index in [0.29, 0.717) is 11.6 Å². The zero-order chi connectivity index (χ0) is 13.4. The zero-order valence-corrected chi connectivity index (χ0v) is 11.3. The summed E-state index contributed by atoms with van der Waals surface area (Å²) in [5.74, 6) is 0. The van der Waals surface area contributed by atoms with Crippen LogP contribution in [0, 0.1) is 10.1 Å². The number of rotatable bonds is 2. The fraction of sp³-hybridized carbons (Fsp3) is 0.417. The van der Waals surface area contributed by atoms with Crippen molar-refractivity contribution in [3.05, 3.63) is 28.3 Å². The molecule has 1 saturated heterocycles. The average Bonchev–Trinajstić information content (AvgIpc) is 2.81. The number of nitro benzene ring substituents is 1. The highest BCUT2D eigenvalue weighted by molar-refractivity contribution is 7.22. The number of hydrogen-bond acceptors (Lipinski definition) is 6. The maximum Gasteiger partial charge on any atom is 0.271 e. The molecular formula is C12H14N4O2S. The van der Waals surface area contributed by atoms with Crippen molar-refractivity contribution in [1.29, 1.82) is 0 Å². The Morgan fingerprint density at radius 1 is 1.58 bits per heavy atom. The summed E-state index contributed by atoms with van der Waals surface area (Å²) in [6, 6.07) is 5.29. The maximum absolute atomic E-state index is 10.8. The normalized spacial score (nSPS) is 19.8. The van der Waals surface area contributed by atoms with E-state index in [9.17, 15) is 10.1 Å². The zero-order valence-electron chi connectivity index (χ0n) is 10.5. The smallest absolute Gasteiger partial charge is 0.271 e. The summed E-state index contributed by atoms with van der Waals surface area (Å²) in [7, 11) is 0. The summed E-state index contributed by atoms with van der Waals surface area (Å²) in [6.07, 6.45) is 0. The second kappa shape index (κ2) is 4.75. The first-order valence-corrected chi connectivity index (χ1v) is 6.98. The number of nitrogens with one attached hydrogen (secondary N) is 1. The van der Waals surface area contributed by atoms with E-state index >= 15 is 0 Å². The highest BCUT2D eigenvalue weighted by Crippen LogP contribution is 2.31. The van der Waals surface area contributed by atoms with Crippen LogP contribution < -0.4 is 10.2 Å². The lowest BCUT2D eigenvalue weighted by molar-refractivity contribution is -0.384. The molecule has 1 aliphatic heterocycles. The van der Waals surface area contributed by atoms with Crippen molar-refractivity contribution in [3.8, 4) is 0 Å². The standard InChI is InChI=1S/C12H14N4O2S/c1-8-7-15(5-4-13-8)12-14-10-6-9(16(17)18)2-3-11(10)19-12/h2-3,6,8,13H,4-5,7H2,1H3/t8-/m0/s1. The van der Waals surface area contributed by atoms with Gasteiger partial charge in [-0.1, -0.05) is 11.3 Å². The van der Waals surface area contributed by atoms with Crippen LogP contribution in [0.15, 0.2) is 18.2 Å². The van der Waals surface area contributed by atoms with Gasteiger partial charge in [0.15, 0.2) is 5.13 Å². The van der Waals surface area contributed by atoms with Crippen LogP contribution in [0.2, 0.25) is 0 Å². The van der Waals surface area contributed by atoms with Gasteiger partial charge in [-0.2, -0.15) is 0 Å². The minimum absolute atomic E-state index is 0.0954. The van der Waals surface area contributed by atoms with Crippen molar-refractivity contribution in [2.45, 2.75) is 13.0 Å². The highest BCUT2D eigenvalue weighted by atomic mass is 32.1. The SMILES string of the molecule is C[C@H]1CN(c2nc3cc([N+](=O)[O-])ccc3s2)CCN1. The van der Waals surface area contributed by atoms with E-state index in [1.165, 1.54) is 6.07 Å². The first-order chi connectivity index (χ1) is 9.13. The Morgan fingerprint density at radius 3 is 3.16 bits per heavy atom. The predicted octanol–water partition coefficient (Wildman–Crippen LogP) is 2.00. The quantitative estimate of drug-likeness (QED) is 0.672. The van der Waals surface area contributed by atoms with Crippen molar-refractivity contribution in [1.82, 2.24) is 10.3 Å². The molecule has 1 aromatic carbocycles. The Kier molecular flexibility index (Phi) is 3.08. The van der Waals surface area contributed by atoms with E-state index in [-0.39, 0.29) is 10.6 Å². The fourth-order valence-electron chi connectivity index (χ4n) is 2.26. The van der Waals surface area contributed by atoms with Crippen molar-refractivity contribution in [2.24, 2.45) is 0 Å². The largest absolute Gasteiger partial charge is 0.345 e. The van der Waals surface area contributed by atoms with Gasteiger partial charge in [-0.15, -0.1) is 0 Å². The molecule has 0 saturated carbocycles. The molecule has 19 heavy (non-hydrogen) atoms. The molecule has 6 nitrogen and oxygen atoms in total. The van der Waals surface area contributed by atoms with Gasteiger partial charge in [0.2, 0.25) is 0 Å². The fourth-order valence-corrected chi connectivity index (χ4v) is 3.24. The average molecular weight is 278 g/mol. The van der Waals surface area contributed by atoms with Gasteiger partial charge in [0.25, 0.3) is 5.69 Å². The van der Waals surface area contributed by atoms with Crippen LogP contribution in [0.25, 0.3) is 10.2 Å². The second-order valence-electron chi connectivity index (χ2n) is 4.71. The summed E-state index contributed by atoms with van der Waals surface area (Å²) < 4.78 is 0.992. The lowest BCUT2D eigenvalue weighted by Gasteiger charge is -2.31. The second-order valence-corrected chi connectivity index (χ2v) is 5.72. The molecular weight excluding hydrogens is 264 g/mol. The molecule has 1 aliphatic rings. The van der Waals surface area contributed by atoms with E-state index in [1.807, 2.05) is 0 Å². The number of nitro groups is 1.